The summed E-state index contributed by atoms with van der Waals surface area (Å²) in [6, 6.07) is 0.683. The van der Waals surface area contributed by atoms with E-state index in [9.17, 15) is 32.3 Å². The van der Waals surface area contributed by atoms with Crippen LogP contribution in [0.5, 0.6) is 0 Å². The molecule has 0 saturated carbocycles. The van der Waals surface area contributed by atoms with Crippen molar-refractivity contribution in [3.8, 4) is 0 Å². The maximum absolute atomic E-state index is 12.5. The summed E-state index contributed by atoms with van der Waals surface area (Å²) >= 11 is 0. The normalized spacial score (nSPS) is 11.2. The fourth-order valence-corrected chi connectivity index (χ4v) is 2.54. The number of hydrogen-bond acceptors (Lipinski definition) is 8. The first-order valence-electron chi connectivity index (χ1n) is 8.81. The van der Waals surface area contributed by atoms with Gasteiger partial charge in [-0.2, -0.15) is 18.3 Å². The Bertz CT molecular complexity index is 1010. The van der Waals surface area contributed by atoms with Crippen molar-refractivity contribution in [2.24, 2.45) is 0 Å². The summed E-state index contributed by atoms with van der Waals surface area (Å²) in [5.41, 5.74) is -1.52. The predicted molar refractivity (Wildman–Crippen MR) is 96.2 cm³/mol. The number of rotatable bonds is 8. The molecule has 0 aliphatic carbocycles. The van der Waals surface area contributed by atoms with Crippen LogP contribution in [0.1, 0.15) is 46.0 Å². The van der Waals surface area contributed by atoms with E-state index in [1.807, 2.05) is 0 Å². The van der Waals surface area contributed by atoms with Gasteiger partial charge in [-0.05, 0) is 26.8 Å². The molecule has 168 valence electrons. The number of Topliss-reactive ketones (excluding diaryl/α,β-unsaturated/α-hetero) is 1. The second-order valence-electron chi connectivity index (χ2n) is 6.12. The highest BCUT2D eigenvalue weighted by Gasteiger charge is 2.33. The number of nitrogens with zero attached hydrogens (tertiary/aromatic N) is 2. The summed E-state index contributed by atoms with van der Waals surface area (Å²) in [5.74, 6) is -3.62. The quantitative estimate of drug-likeness (QED) is 0.484. The highest BCUT2D eigenvalue weighted by Crippen LogP contribution is 2.29. The van der Waals surface area contributed by atoms with E-state index in [0.717, 1.165) is 6.20 Å². The third kappa shape index (κ3) is 5.93. The summed E-state index contributed by atoms with van der Waals surface area (Å²) in [4.78, 5) is 47.8. The van der Waals surface area contributed by atoms with Gasteiger partial charge >= 0.3 is 18.1 Å². The molecule has 2 aromatic rings. The Labute approximate surface area is 173 Å². The minimum absolute atomic E-state index is 0.00882. The molecular formula is C18H18F3N3O7. The van der Waals surface area contributed by atoms with Gasteiger partial charge in [-0.1, -0.05) is 0 Å². The van der Waals surface area contributed by atoms with Gasteiger partial charge in [0.1, 0.15) is 17.9 Å². The number of esters is 2. The third-order valence-electron chi connectivity index (χ3n) is 3.76. The molecule has 0 unspecified atom stereocenters. The topological polar surface area (TPSA) is 130 Å². The van der Waals surface area contributed by atoms with E-state index in [-0.39, 0.29) is 29.4 Å². The zero-order chi connectivity index (χ0) is 23.3. The van der Waals surface area contributed by atoms with Crippen LogP contribution in [-0.2, 0) is 31.8 Å². The Kier molecular flexibility index (Phi) is 7.20. The zero-order valence-corrected chi connectivity index (χ0v) is 16.7. The molecule has 2 aromatic heterocycles. The molecule has 1 amide bonds. The van der Waals surface area contributed by atoms with Gasteiger partial charge in [-0.25, -0.2) is 4.79 Å². The van der Waals surface area contributed by atoms with E-state index < -0.39 is 48.7 Å². The van der Waals surface area contributed by atoms with Crippen LogP contribution in [0.4, 0.5) is 19.1 Å². The van der Waals surface area contributed by atoms with Gasteiger partial charge in [-0.3, -0.25) is 24.4 Å². The van der Waals surface area contributed by atoms with Crippen molar-refractivity contribution in [1.29, 1.82) is 0 Å². The lowest BCUT2D eigenvalue weighted by Crippen LogP contribution is -2.24. The molecule has 2 rings (SSSR count). The number of carbonyl (C=O) groups excluding carboxylic acids is 4. The molecule has 0 aliphatic heterocycles. The van der Waals surface area contributed by atoms with Crippen LogP contribution in [0.3, 0.4) is 0 Å². The number of aromatic nitrogens is 2. The number of carbonyl (C=O) groups is 4. The Morgan fingerprint density at radius 2 is 1.87 bits per heavy atom. The number of nitrogens with one attached hydrogen (secondary N) is 1. The highest BCUT2D eigenvalue weighted by atomic mass is 19.4. The van der Waals surface area contributed by atoms with Crippen molar-refractivity contribution in [1.82, 2.24) is 9.78 Å². The number of ether oxygens (including phenoxy) is 2. The van der Waals surface area contributed by atoms with Crippen LogP contribution in [0.25, 0.3) is 0 Å². The number of alkyl halides is 3. The molecule has 0 radical (unpaired) electrons. The van der Waals surface area contributed by atoms with Crippen molar-refractivity contribution < 1.29 is 46.2 Å². The maximum atomic E-state index is 12.5. The molecule has 0 saturated heterocycles. The second-order valence-corrected chi connectivity index (χ2v) is 6.12. The largest absolute Gasteiger partial charge is 0.462 e. The average Bonchev–Trinajstić information content (AvgIpc) is 3.24. The van der Waals surface area contributed by atoms with Crippen LogP contribution in [0.15, 0.2) is 16.7 Å². The maximum Gasteiger partial charge on any atom is 0.435 e. The first kappa shape index (κ1) is 23.6. The van der Waals surface area contributed by atoms with Gasteiger partial charge < -0.3 is 13.9 Å². The highest BCUT2D eigenvalue weighted by molar-refractivity contribution is 6.10. The lowest BCUT2D eigenvalue weighted by Gasteiger charge is -2.07. The molecule has 13 heteroatoms. The van der Waals surface area contributed by atoms with Gasteiger partial charge in [0, 0.05) is 6.20 Å². The molecule has 0 aromatic carbocycles. The van der Waals surface area contributed by atoms with Crippen LogP contribution < -0.4 is 5.32 Å². The number of hydrogen-bond donors (Lipinski definition) is 1. The fourth-order valence-electron chi connectivity index (χ4n) is 2.54. The fraction of sp³-hybridized carbons (Fsp3) is 0.389. The average molecular weight is 445 g/mol. The van der Waals surface area contributed by atoms with Gasteiger partial charge in [0.25, 0.3) is 5.91 Å². The summed E-state index contributed by atoms with van der Waals surface area (Å²) in [7, 11) is 0. The molecule has 0 spiro atoms. The Balaban J connectivity index is 2.02. The summed E-state index contributed by atoms with van der Waals surface area (Å²) < 4.78 is 53.1. The zero-order valence-electron chi connectivity index (χ0n) is 16.7. The standard InChI is InChI=1S/C18H18F3N3O7/c1-4-29-17(28)15-14(9(2)25)10(3)31-16(15)22-12(26)8-30-13(27)7-24-6-5-11(23-24)18(19,20)21/h5-6H,4,7-8H2,1-3H3,(H,22,26). The summed E-state index contributed by atoms with van der Waals surface area (Å²) in [6.07, 6.45) is -3.73. The van der Waals surface area contributed by atoms with Crippen molar-refractivity contribution in [3.05, 3.63) is 34.8 Å². The van der Waals surface area contributed by atoms with E-state index in [1.165, 1.54) is 13.8 Å². The van der Waals surface area contributed by atoms with Crippen molar-refractivity contribution in [3.63, 3.8) is 0 Å². The van der Waals surface area contributed by atoms with Crippen LogP contribution >= 0.6 is 0 Å². The van der Waals surface area contributed by atoms with Crippen molar-refractivity contribution in [2.75, 3.05) is 18.5 Å². The lowest BCUT2D eigenvalue weighted by atomic mass is 10.1. The SMILES string of the molecule is CCOC(=O)c1c(NC(=O)COC(=O)Cn2ccc(C(F)(F)F)n2)oc(C)c1C(C)=O. The van der Waals surface area contributed by atoms with Crippen LogP contribution in [-0.4, -0.2) is 46.6 Å². The number of furan rings is 1. The van der Waals surface area contributed by atoms with E-state index in [1.54, 1.807) is 6.92 Å². The minimum atomic E-state index is -4.66. The number of ketones is 1. The van der Waals surface area contributed by atoms with Crippen molar-refractivity contribution in [2.45, 2.75) is 33.5 Å². The first-order valence-corrected chi connectivity index (χ1v) is 8.81. The smallest absolute Gasteiger partial charge is 0.435 e. The van der Waals surface area contributed by atoms with Gasteiger partial charge in [0.05, 0.1) is 12.2 Å². The number of amides is 1. The Morgan fingerprint density at radius 1 is 1.19 bits per heavy atom. The minimum Gasteiger partial charge on any atom is -0.462 e. The first-order chi connectivity index (χ1) is 14.4. The number of aryl methyl sites for hydroxylation is 1. The molecule has 0 bridgehead atoms. The van der Waals surface area contributed by atoms with E-state index in [0.29, 0.717) is 10.7 Å². The molecule has 0 atom stereocenters. The Hall–Kier alpha value is -3.64. The lowest BCUT2D eigenvalue weighted by molar-refractivity contribution is -0.148. The predicted octanol–water partition coefficient (Wildman–Crippen LogP) is 2.36. The number of halogens is 3. The van der Waals surface area contributed by atoms with Gasteiger partial charge in [0.15, 0.2) is 18.1 Å². The monoisotopic (exact) mass is 445 g/mol. The van der Waals surface area contributed by atoms with Gasteiger partial charge in [0.2, 0.25) is 5.88 Å². The Morgan fingerprint density at radius 3 is 2.42 bits per heavy atom. The van der Waals surface area contributed by atoms with Crippen molar-refractivity contribution >= 4 is 29.5 Å². The van der Waals surface area contributed by atoms with E-state index in [4.69, 9.17) is 9.15 Å². The summed E-state index contributed by atoms with van der Waals surface area (Å²) in [5, 5.41) is 5.39. The molecular weight excluding hydrogens is 427 g/mol. The molecule has 1 N–H and O–H groups in total. The van der Waals surface area contributed by atoms with Gasteiger partial charge in [-0.15, -0.1) is 0 Å². The molecule has 0 fully saturated rings. The number of anilines is 1. The molecule has 2 heterocycles. The van der Waals surface area contributed by atoms with Crippen LogP contribution in [0.2, 0.25) is 0 Å². The van der Waals surface area contributed by atoms with Crippen LogP contribution in [0, 0.1) is 6.92 Å². The third-order valence-corrected chi connectivity index (χ3v) is 3.76. The molecule has 0 aliphatic rings. The van der Waals surface area contributed by atoms with E-state index >= 15 is 0 Å². The van der Waals surface area contributed by atoms with E-state index in [2.05, 4.69) is 15.2 Å². The second kappa shape index (κ2) is 9.45. The molecule has 31 heavy (non-hydrogen) atoms. The molecule has 10 nitrogen and oxygen atoms in total. The summed E-state index contributed by atoms with van der Waals surface area (Å²) in [6.45, 7) is 2.68.